The van der Waals surface area contributed by atoms with Crippen molar-refractivity contribution in [1.82, 2.24) is 5.32 Å². The molecule has 3 amide bonds. The zero-order chi connectivity index (χ0) is 20.1. The summed E-state index contributed by atoms with van der Waals surface area (Å²) in [6.45, 7) is 1.35. The maximum atomic E-state index is 12.5. The summed E-state index contributed by atoms with van der Waals surface area (Å²) in [5, 5.41) is 17.0. The van der Waals surface area contributed by atoms with Gasteiger partial charge in [0.2, 0.25) is 0 Å². The number of hydrogen-bond donors (Lipinski definition) is 4. The van der Waals surface area contributed by atoms with Crippen molar-refractivity contribution < 1.29 is 24.2 Å². The number of benzene rings is 2. The number of aliphatic carboxylic acids is 1. The number of nitrogens with one attached hydrogen (secondary N) is 3. The van der Waals surface area contributed by atoms with Crippen LogP contribution in [0.25, 0.3) is 0 Å². The van der Waals surface area contributed by atoms with Crippen LogP contribution in [0.5, 0.6) is 5.75 Å². The molecule has 4 N–H and O–H groups in total. The lowest BCUT2D eigenvalue weighted by atomic mass is 10.1. The number of carboxylic acids is 1. The molecular weight excluding hydrogens is 362 g/mol. The van der Waals surface area contributed by atoms with E-state index in [1.165, 1.54) is 0 Å². The fourth-order valence-corrected chi connectivity index (χ4v) is 2.52. The van der Waals surface area contributed by atoms with Gasteiger partial charge in [-0.3, -0.25) is 4.79 Å². The summed E-state index contributed by atoms with van der Waals surface area (Å²) in [5.41, 5.74) is 2.24. The van der Waals surface area contributed by atoms with Gasteiger partial charge in [-0.15, -0.1) is 0 Å². The average Bonchev–Trinajstić information content (AvgIpc) is 3.46. The van der Waals surface area contributed by atoms with Gasteiger partial charge in [-0.2, -0.15) is 0 Å². The minimum atomic E-state index is -1.06. The zero-order valence-corrected chi connectivity index (χ0v) is 15.3. The lowest BCUT2D eigenvalue weighted by molar-refractivity contribution is -0.139. The highest BCUT2D eigenvalue weighted by Gasteiger charge is 2.23. The molecule has 146 valence electrons. The maximum absolute atomic E-state index is 12.5. The highest BCUT2D eigenvalue weighted by Crippen LogP contribution is 2.23. The standard InChI is InChI=1S/C20H21N3O5/c1-12-9-16(28-11-18(24)25)7-8-17(12)23-19(26)13-3-2-4-15(10-13)22-20(27)21-14-5-6-14/h2-4,7-10,14H,5-6,11H2,1H3,(H,23,26)(H,24,25)(H2,21,22,27). The number of carbonyl (C=O) groups is 3. The molecule has 1 aliphatic carbocycles. The van der Waals surface area contributed by atoms with Crippen molar-refractivity contribution in [3.05, 3.63) is 53.6 Å². The smallest absolute Gasteiger partial charge is 0.341 e. The van der Waals surface area contributed by atoms with Gasteiger partial charge >= 0.3 is 12.0 Å². The third-order valence-corrected chi connectivity index (χ3v) is 4.10. The molecule has 0 bridgehead atoms. The number of amides is 3. The molecule has 28 heavy (non-hydrogen) atoms. The van der Waals surface area contributed by atoms with E-state index in [4.69, 9.17) is 9.84 Å². The van der Waals surface area contributed by atoms with E-state index >= 15 is 0 Å². The molecule has 2 aromatic carbocycles. The van der Waals surface area contributed by atoms with Crippen LogP contribution in [0.1, 0.15) is 28.8 Å². The van der Waals surface area contributed by atoms with Gasteiger partial charge in [-0.1, -0.05) is 6.07 Å². The molecule has 0 atom stereocenters. The summed E-state index contributed by atoms with van der Waals surface area (Å²) in [6.07, 6.45) is 1.99. The second-order valence-electron chi connectivity index (χ2n) is 6.57. The van der Waals surface area contributed by atoms with Crippen LogP contribution in [0.3, 0.4) is 0 Å². The van der Waals surface area contributed by atoms with Crippen molar-refractivity contribution in [3.8, 4) is 5.75 Å². The molecule has 2 aromatic rings. The Morgan fingerprint density at radius 2 is 1.89 bits per heavy atom. The highest BCUT2D eigenvalue weighted by atomic mass is 16.5. The van der Waals surface area contributed by atoms with E-state index in [9.17, 15) is 14.4 Å². The third kappa shape index (κ3) is 5.47. The van der Waals surface area contributed by atoms with Crippen molar-refractivity contribution in [3.63, 3.8) is 0 Å². The summed E-state index contributed by atoms with van der Waals surface area (Å²) in [4.78, 5) is 34.9. The van der Waals surface area contributed by atoms with Crippen LogP contribution >= 0.6 is 0 Å². The highest BCUT2D eigenvalue weighted by molar-refractivity contribution is 6.05. The second kappa shape index (κ2) is 8.43. The van der Waals surface area contributed by atoms with Gasteiger partial charge in [-0.05, 0) is 61.7 Å². The molecule has 8 nitrogen and oxygen atoms in total. The Kier molecular flexibility index (Phi) is 5.78. The number of carbonyl (C=O) groups excluding carboxylic acids is 2. The number of rotatable bonds is 7. The Balaban J connectivity index is 1.63. The van der Waals surface area contributed by atoms with Gasteiger partial charge in [-0.25, -0.2) is 9.59 Å². The monoisotopic (exact) mass is 383 g/mol. The summed E-state index contributed by atoms with van der Waals surface area (Å²) >= 11 is 0. The Labute approximate surface area is 161 Å². The number of hydrogen-bond acceptors (Lipinski definition) is 4. The normalized spacial score (nSPS) is 12.8. The largest absolute Gasteiger partial charge is 0.482 e. The van der Waals surface area contributed by atoms with Crippen LogP contribution in [-0.4, -0.2) is 35.7 Å². The molecular formula is C20H21N3O5. The van der Waals surface area contributed by atoms with Crippen molar-refractivity contribution in [2.75, 3.05) is 17.2 Å². The second-order valence-corrected chi connectivity index (χ2v) is 6.57. The van der Waals surface area contributed by atoms with E-state index in [0.717, 1.165) is 18.4 Å². The lowest BCUT2D eigenvalue weighted by Gasteiger charge is -2.12. The predicted molar refractivity (Wildman–Crippen MR) is 104 cm³/mol. The number of anilines is 2. The SMILES string of the molecule is Cc1cc(OCC(=O)O)ccc1NC(=O)c1cccc(NC(=O)NC2CC2)c1. The van der Waals surface area contributed by atoms with Crippen LogP contribution in [-0.2, 0) is 4.79 Å². The van der Waals surface area contributed by atoms with E-state index in [2.05, 4.69) is 16.0 Å². The van der Waals surface area contributed by atoms with Gasteiger partial charge in [0.05, 0.1) is 0 Å². The third-order valence-electron chi connectivity index (χ3n) is 4.10. The summed E-state index contributed by atoms with van der Waals surface area (Å²) in [5.74, 6) is -0.978. The molecule has 1 saturated carbocycles. The van der Waals surface area contributed by atoms with Crippen molar-refractivity contribution in [1.29, 1.82) is 0 Å². The first-order valence-electron chi connectivity index (χ1n) is 8.85. The van der Waals surface area contributed by atoms with E-state index in [1.807, 2.05) is 0 Å². The van der Waals surface area contributed by atoms with Crippen LogP contribution in [0.2, 0.25) is 0 Å². The molecule has 0 saturated heterocycles. The number of aryl methyl sites for hydroxylation is 1. The molecule has 0 radical (unpaired) electrons. The average molecular weight is 383 g/mol. The molecule has 3 rings (SSSR count). The van der Waals surface area contributed by atoms with Crippen LogP contribution in [0.4, 0.5) is 16.2 Å². The van der Waals surface area contributed by atoms with Gasteiger partial charge in [0.15, 0.2) is 6.61 Å². The topological polar surface area (TPSA) is 117 Å². The Morgan fingerprint density at radius 1 is 1.11 bits per heavy atom. The van der Waals surface area contributed by atoms with Gasteiger partial charge in [0.25, 0.3) is 5.91 Å². The van der Waals surface area contributed by atoms with Gasteiger partial charge in [0, 0.05) is 23.0 Å². The number of carboxylic acid groups (broad SMARTS) is 1. The van der Waals surface area contributed by atoms with Crippen LogP contribution in [0.15, 0.2) is 42.5 Å². The quantitative estimate of drug-likeness (QED) is 0.586. The first kappa shape index (κ1) is 19.2. The summed E-state index contributed by atoms with van der Waals surface area (Å²) in [6, 6.07) is 11.5. The van der Waals surface area contributed by atoms with Crippen molar-refractivity contribution >= 4 is 29.3 Å². The minimum absolute atomic E-state index is 0.247. The molecule has 8 heteroatoms. The van der Waals surface area contributed by atoms with E-state index in [1.54, 1.807) is 49.4 Å². The number of urea groups is 1. The van der Waals surface area contributed by atoms with Crippen molar-refractivity contribution in [2.45, 2.75) is 25.8 Å². The fourth-order valence-electron chi connectivity index (χ4n) is 2.52. The predicted octanol–water partition coefficient (Wildman–Crippen LogP) is 2.99. The summed E-state index contributed by atoms with van der Waals surface area (Å²) < 4.78 is 5.12. The number of ether oxygens (including phenoxy) is 1. The molecule has 0 spiro atoms. The molecule has 0 heterocycles. The molecule has 0 aliphatic heterocycles. The Morgan fingerprint density at radius 3 is 2.57 bits per heavy atom. The first-order valence-corrected chi connectivity index (χ1v) is 8.85. The molecule has 1 fully saturated rings. The van der Waals surface area contributed by atoms with Crippen LogP contribution < -0.4 is 20.7 Å². The van der Waals surface area contributed by atoms with Crippen LogP contribution in [0, 0.1) is 6.92 Å². The molecule has 0 aromatic heterocycles. The lowest BCUT2D eigenvalue weighted by Crippen LogP contribution is -2.30. The maximum Gasteiger partial charge on any atom is 0.341 e. The first-order chi connectivity index (χ1) is 13.4. The minimum Gasteiger partial charge on any atom is -0.482 e. The molecule has 0 unspecified atom stereocenters. The Bertz CT molecular complexity index is 908. The van der Waals surface area contributed by atoms with E-state index in [-0.39, 0.29) is 18.0 Å². The molecule has 1 aliphatic rings. The zero-order valence-electron chi connectivity index (χ0n) is 15.3. The Hall–Kier alpha value is -3.55. The van der Waals surface area contributed by atoms with Crippen molar-refractivity contribution in [2.24, 2.45) is 0 Å². The van der Waals surface area contributed by atoms with Gasteiger partial charge in [0.1, 0.15) is 5.75 Å². The fraction of sp³-hybridized carbons (Fsp3) is 0.250. The van der Waals surface area contributed by atoms with Gasteiger partial charge < -0.3 is 25.8 Å². The van der Waals surface area contributed by atoms with E-state index < -0.39 is 12.6 Å². The van der Waals surface area contributed by atoms with E-state index in [0.29, 0.717) is 22.7 Å². The summed E-state index contributed by atoms with van der Waals surface area (Å²) in [7, 11) is 0.